The van der Waals surface area contributed by atoms with Crippen LogP contribution in [-0.4, -0.2) is 19.2 Å². The topological polar surface area (TPSA) is 37.4 Å². The molecule has 0 aliphatic rings. The van der Waals surface area contributed by atoms with Gasteiger partial charge in [-0.05, 0) is 12.1 Å². The minimum Gasteiger partial charge on any atom is -0.542 e. The predicted octanol–water partition coefficient (Wildman–Crippen LogP) is 4.86. The van der Waals surface area contributed by atoms with Crippen LogP contribution in [0.1, 0.15) is 55.4 Å². The molecule has 0 bridgehead atoms. The van der Waals surface area contributed by atoms with Crippen molar-refractivity contribution in [1.82, 2.24) is 0 Å². The van der Waals surface area contributed by atoms with Gasteiger partial charge in [0, 0.05) is 52.4 Å². The Kier molecular flexibility index (Phi) is 49.0. The van der Waals surface area contributed by atoms with Crippen molar-refractivity contribution < 1.29 is 42.3 Å². The van der Waals surface area contributed by atoms with Crippen molar-refractivity contribution in [2.45, 2.75) is 55.4 Å². The van der Waals surface area contributed by atoms with Crippen molar-refractivity contribution in [3.05, 3.63) is 30.3 Å². The summed E-state index contributed by atoms with van der Waals surface area (Å²) in [4.78, 5) is 21.2. The molecule has 0 aliphatic carbocycles. The Balaban J connectivity index is -0.0000000730. The van der Waals surface area contributed by atoms with Crippen LogP contribution in [0.4, 0.5) is 5.69 Å². The van der Waals surface area contributed by atoms with Gasteiger partial charge in [0.2, 0.25) is 5.91 Å². The Bertz CT molecular complexity index is 290. The third-order valence-electron chi connectivity index (χ3n) is 1.62. The molecule has 1 radical (unpaired) electrons. The molecule has 0 spiro atoms. The molecule has 1 amide bonds. The number of carbonyl (C=O) groups excluding carboxylic acids is 2. The smallest absolute Gasteiger partial charge is 0.223 e. The first-order valence-electron chi connectivity index (χ1n) is 7.21. The molecule has 3 nitrogen and oxygen atoms in total. The fourth-order valence-corrected chi connectivity index (χ4v) is 0.833. The second-order valence-corrected chi connectivity index (χ2v) is 2.62. The number of rotatable bonds is 1. The normalized spacial score (nSPS) is 6.33. The van der Waals surface area contributed by atoms with Crippen LogP contribution in [0.15, 0.2) is 30.3 Å². The number of amides is 1. The maximum atomic E-state index is 10.9. The van der Waals surface area contributed by atoms with Crippen molar-refractivity contribution in [2.75, 3.05) is 11.9 Å². The molecule has 0 saturated carbocycles. The zero-order valence-corrected chi connectivity index (χ0v) is 18.1. The quantitative estimate of drug-likeness (QED) is 0.661. The maximum Gasteiger partial charge on any atom is 0.223 e. The molecule has 0 N–H and O–H groups in total. The fourth-order valence-electron chi connectivity index (χ4n) is 0.833. The number of nitrogens with zero attached hydrogens (tertiary/aromatic N) is 1. The molecule has 0 fully saturated rings. The van der Waals surface area contributed by atoms with Crippen molar-refractivity contribution >= 4 is 17.9 Å². The van der Waals surface area contributed by atoms with Gasteiger partial charge in [0.1, 0.15) is 0 Å². The summed E-state index contributed by atoms with van der Waals surface area (Å²) in [5.74, 6) is 0.0520. The summed E-state index contributed by atoms with van der Waals surface area (Å²) in [5.41, 5.74) is 0.931. The van der Waals surface area contributed by atoms with Crippen LogP contribution in [0.25, 0.3) is 0 Å². The molecular weight excluding hydrogens is 339 g/mol. The Morgan fingerprint density at radius 2 is 1.24 bits per heavy atom. The van der Waals surface area contributed by atoms with Gasteiger partial charge in [0.15, 0.2) is 0 Å². The van der Waals surface area contributed by atoms with Gasteiger partial charge in [0.25, 0.3) is 0 Å². The second-order valence-electron chi connectivity index (χ2n) is 2.62. The van der Waals surface area contributed by atoms with E-state index in [2.05, 4.69) is 0 Å². The van der Waals surface area contributed by atoms with E-state index in [0.717, 1.165) is 5.69 Å². The monoisotopic (exact) mass is 371 g/mol. The van der Waals surface area contributed by atoms with E-state index in [0.29, 0.717) is 0 Å². The van der Waals surface area contributed by atoms with Gasteiger partial charge >= 0.3 is 0 Å². The summed E-state index contributed by atoms with van der Waals surface area (Å²) in [6.07, 6.45) is 1.50. The minimum absolute atomic E-state index is 0. The van der Waals surface area contributed by atoms with E-state index < -0.39 is 0 Å². The number of hydrogen-bond donors (Lipinski definition) is 0. The molecular formula is C17H32NO2Y-. The number of hydrogen-bond acceptors (Lipinski definition) is 2. The second kappa shape index (κ2) is 31.7. The third kappa shape index (κ3) is 24.8. The largest absolute Gasteiger partial charge is 0.542 e. The van der Waals surface area contributed by atoms with Crippen LogP contribution in [0.5, 0.6) is 0 Å². The molecule has 4 heteroatoms. The summed E-state index contributed by atoms with van der Waals surface area (Å²) in [6, 6.07) is 9.56. The molecule has 0 atom stereocenters. The Hall–Kier alpha value is -0.536. The summed E-state index contributed by atoms with van der Waals surface area (Å²) < 4.78 is 0. The van der Waals surface area contributed by atoms with Crippen LogP contribution in [0.2, 0.25) is 0 Å². The van der Waals surface area contributed by atoms with Gasteiger partial charge in [-0.15, -0.1) is 0 Å². The van der Waals surface area contributed by atoms with E-state index >= 15 is 0 Å². The van der Waals surface area contributed by atoms with Crippen LogP contribution < -0.4 is 4.90 Å². The molecule has 0 unspecified atom stereocenters. The van der Waals surface area contributed by atoms with Gasteiger partial charge in [-0.2, -0.15) is 6.92 Å². The van der Waals surface area contributed by atoms with Crippen LogP contribution in [0, 0.1) is 0 Å². The Morgan fingerprint density at radius 1 is 0.952 bits per heavy atom. The minimum atomic E-state index is 0. The standard InChI is InChI=1S/C9H11NO.C2H3O.3C2H6.Y/c1-8(11)10(2)9-6-4-3-5-7-9;1-2-3;3*1-2;/h3-7H,1-2H3;1H3;3*1-2H3;/q;-1;;;;. The Morgan fingerprint density at radius 3 is 1.48 bits per heavy atom. The molecule has 1 aromatic rings. The van der Waals surface area contributed by atoms with Gasteiger partial charge in [-0.3, -0.25) is 11.1 Å². The van der Waals surface area contributed by atoms with Crippen molar-refractivity contribution in [2.24, 2.45) is 0 Å². The third-order valence-corrected chi connectivity index (χ3v) is 1.62. The molecule has 121 valence electrons. The van der Waals surface area contributed by atoms with Gasteiger partial charge in [0.05, 0.1) is 0 Å². The summed E-state index contributed by atoms with van der Waals surface area (Å²) in [7, 11) is 1.76. The van der Waals surface area contributed by atoms with E-state index in [1.54, 1.807) is 18.9 Å². The summed E-state index contributed by atoms with van der Waals surface area (Å²) in [6.45, 7) is 14.9. The summed E-state index contributed by atoms with van der Waals surface area (Å²) >= 11 is 0. The predicted molar refractivity (Wildman–Crippen MR) is 90.9 cm³/mol. The van der Waals surface area contributed by atoms with Crippen LogP contribution >= 0.6 is 0 Å². The molecule has 0 aromatic heterocycles. The average molecular weight is 371 g/mol. The first kappa shape index (κ1) is 32.4. The van der Waals surface area contributed by atoms with E-state index in [1.165, 1.54) is 13.2 Å². The molecule has 0 aliphatic heterocycles. The van der Waals surface area contributed by atoms with E-state index in [4.69, 9.17) is 4.79 Å². The van der Waals surface area contributed by atoms with E-state index in [1.807, 2.05) is 71.9 Å². The fraction of sp³-hybridized carbons (Fsp3) is 0.529. The number of anilines is 1. The van der Waals surface area contributed by atoms with Gasteiger partial charge < -0.3 is 9.69 Å². The number of carbonyl (C=O) groups is 1. The van der Waals surface area contributed by atoms with Crippen molar-refractivity contribution in [3.8, 4) is 0 Å². The van der Waals surface area contributed by atoms with Crippen LogP contribution in [-0.2, 0) is 42.3 Å². The van der Waals surface area contributed by atoms with Crippen molar-refractivity contribution in [1.29, 1.82) is 0 Å². The number of benzene rings is 1. The average Bonchev–Trinajstić information content (AvgIpc) is 2.54. The van der Waals surface area contributed by atoms with Gasteiger partial charge in [-0.1, -0.05) is 59.7 Å². The number of para-hydroxylation sites is 1. The Labute approximate surface area is 157 Å². The molecule has 1 aromatic carbocycles. The SMILES string of the molecule is CC.CC.CC.CC(=O)N(C)c1ccccc1.C[C-]=O.[Y]. The van der Waals surface area contributed by atoms with Gasteiger partial charge in [-0.25, -0.2) is 0 Å². The summed E-state index contributed by atoms with van der Waals surface area (Å²) in [5, 5.41) is 0. The zero-order chi connectivity index (χ0) is 17.0. The van der Waals surface area contributed by atoms with Crippen molar-refractivity contribution in [3.63, 3.8) is 0 Å². The van der Waals surface area contributed by atoms with E-state index in [9.17, 15) is 4.79 Å². The molecule has 1 rings (SSSR count). The zero-order valence-electron chi connectivity index (χ0n) is 15.2. The molecule has 0 saturated heterocycles. The van der Waals surface area contributed by atoms with Crippen LogP contribution in [0.3, 0.4) is 0 Å². The first-order valence-corrected chi connectivity index (χ1v) is 7.21. The molecule has 21 heavy (non-hydrogen) atoms. The molecule has 0 heterocycles. The maximum absolute atomic E-state index is 10.9. The first-order chi connectivity index (χ1) is 9.63. The van der Waals surface area contributed by atoms with E-state index in [-0.39, 0.29) is 38.6 Å².